The molecule has 13 heteroatoms. The molecule has 0 spiro atoms. The van der Waals surface area contributed by atoms with Crippen molar-refractivity contribution in [3.63, 3.8) is 0 Å². The Morgan fingerprint density at radius 2 is 1.76 bits per heavy atom. The van der Waals surface area contributed by atoms with E-state index in [0.717, 1.165) is 16.7 Å². The van der Waals surface area contributed by atoms with Crippen molar-refractivity contribution in [3.05, 3.63) is 76.5 Å². The van der Waals surface area contributed by atoms with Crippen molar-refractivity contribution < 1.29 is 27.8 Å². The second kappa shape index (κ2) is 11.8. The monoisotopic (exact) mass is 634 g/mol. The first kappa shape index (κ1) is 31.1. The third kappa shape index (κ3) is 4.85. The Kier molecular flexibility index (Phi) is 7.95. The highest BCUT2D eigenvalue weighted by Gasteiger charge is 2.38. The number of carbonyl (C=O) groups excluding carboxylic acids is 1. The van der Waals surface area contributed by atoms with Gasteiger partial charge in [0.05, 0.1) is 46.2 Å². The maximum atomic E-state index is 17.3. The van der Waals surface area contributed by atoms with Gasteiger partial charge in [-0.1, -0.05) is 40.3 Å². The van der Waals surface area contributed by atoms with Crippen LogP contribution in [-0.2, 0) is 4.79 Å². The molecule has 4 heterocycles. The average Bonchev–Trinajstić information content (AvgIpc) is 3.01. The number of ether oxygens (including phenoxy) is 1. The van der Waals surface area contributed by atoms with E-state index < -0.39 is 57.3 Å². The number of halogens is 3. The first-order valence-electron chi connectivity index (χ1n) is 15.1. The molecule has 240 valence electrons. The maximum absolute atomic E-state index is 17.3. The molecule has 1 amide bonds. The minimum Gasteiger partial charge on any atom is -0.507 e. The average molecular weight is 635 g/mol. The highest BCUT2D eigenvalue weighted by molar-refractivity contribution is 6.01. The van der Waals surface area contributed by atoms with Gasteiger partial charge in [0, 0.05) is 26.1 Å². The van der Waals surface area contributed by atoms with Gasteiger partial charge in [0.25, 0.3) is 0 Å². The number of carbonyl (C=O) groups is 1. The topological polar surface area (TPSA) is 114 Å². The summed E-state index contributed by atoms with van der Waals surface area (Å²) in [4.78, 5) is 43.4. The zero-order valence-corrected chi connectivity index (χ0v) is 25.9. The third-order valence-corrected chi connectivity index (χ3v) is 8.53. The first-order valence-corrected chi connectivity index (χ1v) is 15.1. The molecule has 0 saturated carbocycles. The van der Waals surface area contributed by atoms with E-state index in [9.17, 15) is 14.7 Å². The number of benzene rings is 2. The smallest absolute Gasteiger partial charge is 0.354 e. The standard InChI is InChI=1S/C33H33F3N6O4/c1-6-21(44)40-11-12-41-18(14-40)10-13-46-31-24-29(25(35)23(26(31)36)22-19(34)8-7-9-20(22)43)42(33(45)39-32(24)41)30-27(16(2)3)37-15-38-28(30)17(4)5/h6-9,15-18,43H,1,10-14H2,2-5H3. The maximum Gasteiger partial charge on any atom is 0.354 e. The lowest BCUT2D eigenvalue weighted by Gasteiger charge is -2.43. The number of phenolic OH excluding ortho intramolecular Hbond substituents is 1. The van der Waals surface area contributed by atoms with Crippen molar-refractivity contribution >= 4 is 22.6 Å². The van der Waals surface area contributed by atoms with Crippen LogP contribution in [0.1, 0.15) is 57.3 Å². The Hall–Kier alpha value is -4.94. The minimum atomic E-state index is -1.30. The lowest BCUT2D eigenvalue weighted by molar-refractivity contribution is -0.126. The molecular formula is C33H33F3N6O4. The molecule has 6 rings (SSSR count). The van der Waals surface area contributed by atoms with E-state index in [4.69, 9.17) is 4.74 Å². The molecule has 4 aromatic rings. The molecule has 46 heavy (non-hydrogen) atoms. The molecule has 1 atom stereocenters. The summed E-state index contributed by atoms with van der Waals surface area (Å²) in [5, 5.41) is 10.5. The molecule has 0 radical (unpaired) electrons. The zero-order chi connectivity index (χ0) is 33.0. The number of hydrogen-bond donors (Lipinski definition) is 1. The van der Waals surface area contributed by atoms with E-state index in [1.807, 2.05) is 27.7 Å². The van der Waals surface area contributed by atoms with Crippen molar-refractivity contribution in [2.24, 2.45) is 0 Å². The van der Waals surface area contributed by atoms with Crippen molar-refractivity contribution in [3.8, 4) is 28.3 Å². The molecule has 0 aliphatic carbocycles. The third-order valence-electron chi connectivity index (χ3n) is 8.53. The van der Waals surface area contributed by atoms with Gasteiger partial charge in [-0.05, 0) is 30.0 Å². The van der Waals surface area contributed by atoms with Gasteiger partial charge < -0.3 is 19.6 Å². The van der Waals surface area contributed by atoms with E-state index in [1.165, 1.54) is 18.5 Å². The van der Waals surface area contributed by atoms with Crippen LogP contribution in [0.4, 0.5) is 19.0 Å². The summed E-state index contributed by atoms with van der Waals surface area (Å²) in [6, 6.07) is 2.89. The fourth-order valence-electron chi connectivity index (χ4n) is 6.38. The van der Waals surface area contributed by atoms with Gasteiger partial charge in [-0.2, -0.15) is 4.98 Å². The number of anilines is 1. The lowest BCUT2D eigenvalue weighted by Crippen LogP contribution is -2.56. The van der Waals surface area contributed by atoms with Crippen molar-refractivity contribution in [1.82, 2.24) is 24.4 Å². The summed E-state index contributed by atoms with van der Waals surface area (Å²) in [6.45, 7) is 11.6. The minimum absolute atomic E-state index is 0.0298. The van der Waals surface area contributed by atoms with Gasteiger partial charge in [0.1, 0.15) is 29.2 Å². The van der Waals surface area contributed by atoms with Gasteiger partial charge in [-0.3, -0.25) is 9.36 Å². The molecule has 1 saturated heterocycles. The molecular weight excluding hydrogens is 601 g/mol. The number of hydrogen-bond acceptors (Lipinski definition) is 8. The quantitative estimate of drug-likeness (QED) is 0.298. The Morgan fingerprint density at radius 3 is 2.39 bits per heavy atom. The molecule has 1 N–H and O–H groups in total. The van der Waals surface area contributed by atoms with Crippen LogP contribution in [0.2, 0.25) is 0 Å². The van der Waals surface area contributed by atoms with Crippen LogP contribution < -0.4 is 15.3 Å². The SMILES string of the molecule is C=CC(=O)N1CCN2c3nc(=O)n(-c4c(C(C)C)ncnc4C(C)C)c4c(F)c(-c5c(O)cccc5F)c(F)c(c34)OCCC2C1. The summed E-state index contributed by atoms with van der Waals surface area (Å²) in [6.07, 6.45) is 2.88. The van der Waals surface area contributed by atoms with E-state index in [0.29, 0.717) is 17.8 Å². The number of aromatic nitrogens is 4. The van der Waals surface area contributed by atoms with Crippen LogP contribution in [0.3, 0.4) is 0 Å². The van der Waals surface area contributed by atoms with Crippen LogP contribution in [0.5, 0.6) is 11.5 Å². The summed E-state index contributed by atoms with van der Waals surface area (Å²) < 4.78 is 56.2. The van der Waals surface area contributed by atoms with Crippen molar-refractivity contribution in [2.75, 3.05) is 31.1 Å². The number of phenols is 1. The number of piperazine rings is 1. The Morgan fingerprint density at radius 1 is 1.07 bits per heavy atom. The molecule has 2 aromatic carbocycles. The highest BCUT2D eigenvalue weighted by Crippen LogP contribution is 2.47. The fraction of sp³-hybridized carbons (Fsp3) is 0.364. The van der Waals surface area contributed by atoms with Gasteiger partial charge in [0.2, 0.25) is 5.91 Å². The van der Waals surface area contributed by atoms with Crippen LogP contribution in [-0.4, -0.2) is 67.7 Å². The Labute approximate surface area is 262 Å². The Balaban J connectivity index is 1.79. The number of rotatable bonds is 5. The van der Waals surface area contributed by atoms with Gasteiger partial charge in [0.15, 0.2) is 17.4 Å². The Bertz CT molecular complexity index is 1910. The molecule has 0 bridgehead atoms. The van der Waals surface area contributed by atoms with Crippen LogP contribution in [0.15, 0.2) is 42.0 Å². The van der Waals surface area contributed by atoms with E-state index in [2.05, 4.69) is 21.5 Å². The molecule has 2 aliphatic heterocycles. The van der Waals surface area contributed by atoms with Gasteiger partial charge in [-0.25, -0.2) is 27.9 Å². The van der Waals surface area contributed by atoms with Crippen molar-refractivity contribution in [2.45, 2.75) is 52.0 Å². The molecule has 1 fully saturated rings. The van der Waals surface area contributed by atoms with Crippen LogP contribution >= 0.6 is 0 Å². The van der Waals surface area contributed by atoms with Crippen LogP contribution in [0.25, 0.3) is 27.7 Å². The molecule has 1 unspecified atom stereocenters. The molecule has 2 aliphatic rings. The molecule has 2 aromatic heterocycles. The summed E-state index contributed by atoms with van der Waals surface area (Å²) in [7, 11) is 0. The summed E-state index contributed by atoms with van der Waals surface area (Å²) in [5.74, 6) is -5.59. The van der Waals surface area contributed by atoms with E-state index >= 15 is 13.2 Å². The van der Waals surface area contributed by atoms with E-state index in [1.54, 1.807) is 9.80 Å². The highest BCUT2D eigenvalue weighted by atomic mass is 19.1. The number of amides is 1. The summed E-state index contributed by atoms with van der Waals surface area (Å²) in [5.41, 5.74) is -1.92. The van der Waals surface area contributed by atoms with Crippen LogP contribution in [0, 0.1) is 17.5 Å². The molecule has 10 nitrogen and oxygen atoms in total. The summed E-state index contributed by atoms with van der Waals surface area (Å²) >= 11 is 0. The predicted molar refractivity (Wildman–Crippen MR) is 166 cm³/mol. The predicted octanol–water partition coefficient (Wildman–Crippen LogP) is 5.20. The fourth-order valence-corrected chi connectivity index (χ4v) is 6.38. The number of nitrogens with zero attached hydrogens (tertiary/aromatic N) is 6. The first-order chi connectivity index (χ1) is 22.0. The largest absolute Gasteiger partial charge is 0.507 e. The number of fused-ring (bicyclic) bond motifs is 2. The second-order valence-electron chi connectivity index (χ2n) is 12.0. The van der Waals surface area contributed by atoms with E-state index in [-0.39, 0.29) is 60.9 Å². The zero-order valence-electron chi connectivity index (χ0n) is 25.9. The normalized spacial score (nSPS) is 16.3. The number of aromatic hydroxyl groups is 1. The van der Waals surface area contributed by atoms with Gasteiger partial charge >= 0.3 is 5.69 Å². The second-order valence-corrected chi connectivity index (χ2v) is 12.0. The lowest BCUT2D eigenvalue weighted by atomic mass is 9.97. The van der Waals surface area contributed by atoms with Crippen molar-refractivity contribution in [1.29, 1.82) is 0 Å². The van der Waals surface area contributed by atoms with Gasteiger partial charge in [-0.15, -0.1) is 0 Å².